The van der Waals surface area contributed by atoms with Crippen molar-refractivity contribution in [2.75, 3.05) is 49.8 Å². The molecule has 0 saturated carbocycles. The van der Waals surface area contributed by atoms with Gasteiger partial charge in [0.05, 0.1) is 30.3 Å². The smallest absolute Gasteiger partial charge is 0.251 e. The van der Waals surface area contributed by atoms with E-state index in [9.17, 15) is 19.5 Å². The average Bonchev–Trinajstić information content (AvgIpc) is 3.34. The molecule has 1 spiro atoms. The monoisotopic (exact) mass is 617 g/mol. The van der Waals surface area contributed by atoms with Crippen LogP contribution in [0.1, 0.15) is 26.2 Å². The van der Waals surface area contributed by atoms with Crippen molar-refractivity contribution in [3.63, 3.8) is 0 Å². The molecule has 0 radical (unpaired) electrons. The molecule has 3 amide bonds. The quantitative estimate of drug-likeness (QED) is 0.317. The van der Waals surface area contributed by atoms with Crippen molar-refractivity contribution in [3.05, 3.63) is 72.8 Å². The number of carbonyl (C=O) groups is 3. The van der Waals surface area contributed by atoms with Crippen LogP contribution in [0.3, 0.4) is 0 Å². The second-order valence-electron chi connectivity index (χ2n) is 11.5. The van der Waals surface area contributed by atoms with Crippen LogP contribution >= 0.6 is 11.8 Å². The van der Waals surface area contributed by atoms with Crippen LogP contribution in [0.15, 0.2) is 72.8 Å². The molecule has 0 aliphatic carbocycles. The third kappa shape index (κ3) is 5.17. The van der Waals surface area contributed by atoms with Crippen LogP contribution in [0.2, 0.25) is 0 Å². The Hall–Kier alpha value is -3.76. The molecular weight excluding hydrogens is 578 g/mol. The zero-order chi connectivity index (χ0) is 30.8. The Balaban J connectivity index is 1.37. The molecule has 4 aliphatic heterocycles. The van der Waals surface area contributed by atoms with Gasteiger partial charge in [-0.15, -0.1) is 11.8 Å². The maximum Gasteiger partial charge on any atom is 0.251 e. The minimum absolute atomic E-state index is 0.0820. The molecule has 2 fully saturated rings. The van der Waals surface area contributed by atoms with E-state index < -0.39 is 22.6 Å². The molecule has 1 unspecified atom stereocenters. The van der Waals surface area contributed by atoms with Gasteiger partial charge in [-0.2, -0.15) is 0 Å². The van der Waals surface area contributed by atoms with E-state index in [4.69, 9.17) is 9.47 Å². The van der Waals surface area contributed by atoms with Crippen molar-refractivity contribution < 1.29 is 29.0 Å². The van der Waals surface area contributed by atoms with Crippen molar-refractivity contribution in [2.45, 2.75) is 42.2 Å². The van der Waals surface area contributed by atoms with Crippen molar-refractivity contribution in [1.29, 1.82) is 0 Å². The predicted molar refractivity (Wildman–Crippen MR) is 171 cm³/mol. The second kappa shape index (κ2) is 12.7. The zero-order valence-electron chi connectivity index (χ0n) is 25.1. The molecule has 4 aliphatic rings. The third-order valence-electron chi connectivity index (χ3n) is 9.06. The Morgan fingerprint density at radius 3 is 2.18 bits per heavy atom. The van der Waals surface area contributed by atoms with Gasteiger partial charge in [0, 0.05) is 42.9 Å². The highest BCUT2D eigenvalue weighted by Gasteiger charge is 2.71. The molecule has 9 nitrogen and oxygen atoms in total. The van der Waals surface area contributed by atoms with Crippen LogP contribution in [0, 0.1) is 11.8 Å². The van der Waals surface area contributed by atoms with E-state index in [-0.39, 0.29) is 29.6 Å². The first kappa shape index (κ1) is 30.3. The molecule has 0 bridgehead atoms. The van der Waals surface area contributed by atoms with Gasteiger partial charge in [0.15, 0.2) is 0 Å². The number of thioether (sulfide) groups is 1. The van der Waals surface area contributed by atoms with E-state index in [1.54, 1.807) is 33.6 Å². The highest BCUT2D eigenvalue weighted by atomic mass is 32.2. The molecule has 1 N–H and O–H groups in total. The number of nitrogens with zero attached hydrogens (tertiary/aromatic N) is 3. The number of hydrogen-bond acceptors (Lipinski definition) is 7. The standard InChI is InChI=1S/C34H39N3O6S/c1-3-43-26-16-12-23(13-17-26)35-20-7-9-27-28(31(35)39)29-32(40)37(19-5-4-6-22-38)30-33(41)36(21-8-18-34(29,30)44-27)24-10-14-25(42-2)15-11-24/h7-18,27-30,38H,3-6,19-22H2,1-2H3/t27-,28+,29-,30?,34-/m0/s1. The number of fused-ring (bicyclic) bond motifs is 2. The second-order valence-corrected chi connectivity index (χ2v) is 13.0. The van der Waals surface area contributed by atoms with Gasteiger partial charge < -0.3 is 29.3 Å². The summed E-state index contributed by atoms with van der Waals surface area (Å²) in [5.74, 6) is -0.282. The Morgan fingerprint density at radius 2 is 1.52 bits per heavy atom. The van der Waals surface area contributed by atoms with E-state index >= 15 is 0 Å². The fourth-order valence-corrected chi connectivity index (χ4v) is 9.07. The number of anilines is 2. The predicted octanol–water partition coefficient (Wildman–Crippen LogP) is 4.06. The Kier molecular flexibility index (Phi) is 8.73. The highest BCUT2D eigenvalue weighted by molar-refractivity contribution is 8.02. The summed E-state index contributed by atoms with van der Waals surface area (Å²) in [5.41, 5.74) is 1.47. The number of hydrogen-bond donors (Lipinski definition) is 1. The molecule has 6 rings (SSSR count). The number of benzene rings is 2. The minimum atomic E-state index is -0.885. The molecule has 2 aromatic rings. The van der Waals surface area contributed by atoms with Crippen molar-refractivity contribution in [1.82, 2.24) is 4.90 Å². The maximum atomic E-state index is 14.6. The van der Waals surface area contributed by atoms with Gasteiger partial charge in [-0.05, 0) is 74.7 Å². The van der Waals surface area contributed by atoms with Crippen LogP contribution in [0.5, 0.6) is 11.5 Å². The summed E-state index contributed by atoms with van der Waals surface area (Å²) in [6.45, 7) is 3.72. The summed E-state index contributed by atoms with van der Waals surface area (Å²) in [7, 11) is 1.60. The summed E-state index contributed by atoms with van der Waals surface area (Å²) in [6, 6.07) is 14.1. The first-order valence-electron chi connectivity index (χ1n) is 15.4. The first-order chi connectivity index (χ1) is 21.4. The molecule has 2 saturated heterocycles. The van der Waals surface area contributed by atoms with Gasteiger partial charge in [-0.25, -0.2) is 0 Å². The van der Waals surface area contributed by atoms with Gasteiger partial charge in [-0.1, -0.05) is 24.3 Å². The number of aliphatic hydroxyl groups is 1. The lowest BCUT2D eigenvalue weighted by Gasteiger charge is -2.35. The minimum Gasteiger partial charge on any atom is -0.497 e. The Bertz CT molecular complexity index is 1440. The topological polar surface area (TPSA) is 99.6 Å². The summed E-state index contributed by atoms with van der Waals surface area (Å²) >= 11 is 1.58. The van der Waals surface area contributed by atoms with Gasteiger partial charge in [0.25, 0.3) is 5.91 Å². The number of aliphatic hydroxyl groups excluding tert-OH is 1. The van der Waals surface area contributed by atoms with Crippen LogP contribution < -0.4 is 19.3 Å². The Morgan fingerprint density at radius 1 is 0.864 bits per heavy atom. The van der Waals surface area contributed by atoms with Crippen LogP contribution in [-0.2, 0) is 14.4 Å². The largest absolute Gasteiger partial charge is 0.497 e. The lowest BCUT2D eigenvalue weighted by atomic mass is 9.78. The molecule has 0 aromatic heterocycles. The fourth-order valence-electron chi connectivity index (χ4n) is 7.06. The van der Waals surface area contributed by atoms with Gasteiger partial charge in [0.1, 0.15) is 17.5 Å². The summed E-state index contributed by atoms with van der Waals surface area (Å²) in [6.07, 6.45) is 10.1. The first-order valence-corrected chi connectivity index (χ1v) is 16.2. The molecular formula is C34H39N3O6S. The van der Waals surface area contributed by atoms with Gasteiger partial charge in [0.2, 0.25) is 11.8 Å². The molecule has 2 aromatic carbocycles. The third-order valence-corrected chi connectivity index (χ3v) is 10.8. The van der Waals surface area contributed by atoms with E-state index in [1.807, 2.05) is 73.7 Å². The van der Waals surface area contributed by atoms with Gasteiger partial charge in [-0.3, -0.25) is 14.4 Å². The number of amides is 3. The lowest BCUT2D eigenvalue weighted by molar-refractivity contribution is -0.138. The zero-order valence-corrected chi connectivity index (χ0v) is 25.9. The number of unbranched alkanes of at least 4 members (excludes halogenated alkanes) is 2. The number of likely N-dealkylation sites (tertiary alicyclic amines) is 1. The summed E-state index contributed by atoms with van der Waals surface area (Å²) < 4.78 is 10.0. The van der Waals surface area contributed by atoms with Crippen LogP contribution in [-0.4, -0.2) is 83.7 Å². The van der Waals surface area contributed by atoms with E-state index in [1.165, 1.54) is 0 Å². The number of rotatable bonds is 10. The normalized spacial score (nSPS) is 27.6. The molecule has 4 heterocycles. The van der Waals surface area contributed by atoms with E-state index in [0.29, 0.717) is 44.8 Å². The number of carbonyl (C=O) groups excluding carboxylic acids is 3. The molecule has 232 valence electrons. The van der Waals surface area contributed by atoms with Gasteiger partial charge >= 0.3 is 0 Å². The van der Waals surface area contributed by atoms with E-state index in [2.05, 4.69) is 6.08 Å². The fraction of sp³-hybridized carbons (Fsp3) is 0.441. The molecule has 44 heavy (non-hydrogen) atoms. The average molecular weight is 618 g/mol. The molecule has 10 heteroatoms. The highest BCUT2D eigenvalue weighted by Crippen LogP contribution is 2.61. The van der Waals surface area contributed by atoms with E-state index in [0.717, 1.165) is 23.5 Å². The van der Waals surface area contributed by atoms with Crippen molar-refractivity contribution in [3.8, 4) is 11.5 Å². The lowest BCUT2D eigenvalue weighted by Crippen LogP contribution is -2.53. The molecule has 5 atom stereocenters. The van der Waals surface area contributed by atoms with Crippen LogP contribution in [0.25, 0.3) is 0 Å². The van der Waals surface area contributed by atoms with Crippen molar-refractivity contribution in [2.24, 2.45) is 11.8 Å². The van der Waals surface area contributed by atoms with Crippen molar-refractivity contribution >= 4 is 40.9 Å². The summed E-state index contributed by atoms with van der Waals surface area (Å²) in [4.78, 5) is 48.7. The SMILES string of the molecule is CCOc1ccc(N2CC=C[C@@H]3S[C@]45C=CCN(c6ccc(OC)cc6)C(=O)C4N(CCCCCO)C(=O)[C@@H]5[C@@H]3C2=O)cc1. The van der Waals surface area contributed by atoms with Crippen LogP contribution in [0.4, 0.5) is 11.4 Å². The maximum absolute atomic E-state index is 14.6. The number of methoxy groups -OCH3 is 1. The number of ether oxygens (including phenoxy) is 2. The Labute approximate surface area is 262 Å². The summed E-state index contributed by atoms with van der Waals surface area (Å²) in [5, 5.41) is 9.09.